The first-order valence-corrected chi connectivity index (χ1v) is 9.54. The van der Waals surface area contributed by atoms with Crippen molar-refractivity contribution >= 4 is 23.4 Å². The number of carbonyl (C=O) groups excluding carboxylic acids is 2. The van der Waals surface area contributed by atoms with Crippen molar-refractivity contribution in [2.75, 3.05) is 19.7 Å². The highest BCUT2D eigenvalue weighted by molar-refractivity contribution is 6.32. The molecule has 1 N–H and O–H groups in total. The van der Waals surface area contributed by atoms with Gasteiger partial charge >= 0.3 is 0 Å². The Morgan fingerprint density at radius 3 is 2.73 bits per heavy atom. The molecule has 2 fully saturated rings. The summed E-state index contributed by atoms with van der Waals surface area (Å²) in [5, 5.41) is 3.17. The predicted octanol–water partition coefficient (Wildman–Crippen LogP) is 3.16. The van der Waals surface area contributed by atoms with Gasteiger partial charge in [-0.2, -0.15) is 0 Å². The largest absolute Gasteiger partial charge is 0.492 e. The van der Waals surface area contributed by atoms with Gasteiger partial charge in [-0.05, 0) is 49.8 Å². The van der Waals surface area contributed by atoms with Crippen LogP contribution in [-0.4, -0.2) is 42.5 Å². The number of nitrogens with one attached hydrogen (secondary N) is 1. The lowest BCUT2D eigenvalue weighted by atomic mass is 9.97. The van der Waals surface area contributed by atoms with Crippen LogP contribution in [0.25, 0.3) is 0 Å². The maximum atomic E-state index is 13.0. The van der Waals surface area contributed by atoms with Gasteiger partial charge < -0.3 is 15.0 Å². The Hall–Kier alpha value is -1.82. The molecular formula is C19H24ClFN2O3. The molecular weight excluding hydrogens is 359 g/mol. The molecule has 1 aromatic carbocycles. The van der Waals surface area contributed by atoms with Crippen molar-refractivity contribution in [1.82, 2.24) is 10.2 Å². The number of halogens is 2. The van der Waals surface area contributed by atoms with Crippen LogP contribution in [0.4, 0.5) is 4.39 Å². The summed E-state index contributed by atoms with van der Waals surface area (Å²) in [5.41, 5.74) is 0. The number of piperidine rings is 1. The first-order valence-electron chi connectivity index (χ1n) is 9.16. The van der Waals surface area contributed by atoms with Crippen LogP contribution < -0.4 is 10.1 Å². The van der Waals surface area contributed by atoms with Crippen LogP contribution in [0.1, 0.15) is 38.5 Å². The highest BCUT2D eigenvalue weighted by Gasteiger charge is 2.25. The number of carbonyl (C=O) groups is 2. The summed E-state index contributed by atoms with van der Waals surface area (Å²) >= 11 is 5.97. The molecule has 1 aromatic rings. The fourth-order valence-electron chi connectivity index (χ4n) is 3.50. The van der Waals surface area contributed by atoms with E-state index in [1.54, 1.807) is 0 Å². The lowest BCUT2D eigenvalue weighted by Crippen LogP contribution is -2.40. The number of nitrogens with zero attached hydrogens (tertiary/aromatic N) is 1. The van der Waals surface area contributed by atoms with Gasteiger partial charge in [-0.1, -0.05) is 11.6 Å². The van der Waals surface area contributed by atoms with Crippen LogP contribution in [0.15, 0.2) is 18.2 Å². The number of ether oxygens (including phenoxy) is 1. The van der Waals surface area contributed by atoms with E-state index in [9.17, 15) is 14.0 Å². The first kappa shape index (κ1) is 19.0. The fraction of sp³-hybridized carbons (Fsp3) is 0.579. The van der Waals surface area contributed by atoms with Crippen molar-refractivity contribution in [2.24, 2.45) is 5.92 Å². The van der Waals surface area contributed by atoms with E-state index in [1.807, 2.05) is 4.90 Å². The molecule has 5 nitrogen and oxygen atoms in total. The van der Waals surface area contributed by atoms with E-state index in [0.29, 0.717) is 31.1 Å². The van der Waals surface area contributed by atoms with E-state index in [2.05, 4.69) is 5.32 Å². The highest BCUT2D eigenvalue weighted by atomic mass is 35.5. The smallest absolute Gasteiger partial charge is 0.222 e. The van der Waals surface area contributed by atoms with Crippen molar-refractivity contribution < 1.29 is 18.7 Å². The molecule has 0 bridgehead atoms. The van der Waals surface area contributed by atoms with Gasteiger partial charge in [0, 0.05) is 32.0 Å². The van der Waals surface area contributed by atoms with Crippen LogP contribution in [-0.2, 0) is 9.59 Å². The normalized spacial score (nSPS) is 20.9. The van der Waals surface area contributed by atoms with Crippen LogP contribution in [0, 0.1) is 11.7 Å². The van der Waals surface area contributed by atoms with E-state index >= 15 is 0 Å². The molecule has 0 radical (unpaired) electrons. The van der Waals surface area contributed by atoms with Gasteiger partial charge in [-0.3, -0.25) is 9.59 Å². The minimum absolute atomic E-state index is 0.0875. The van der Waals surface area contributed by atoms with E-state index < -0.39 is 0 Å². The van der Waals surface area contributed by atoms with Gasteiger partial charge in [0.25, 0.3) is 0 Å². The topological polar surface area (TPSA) is 58.6 Å². The third-order valence-electron chi connectivity index (χ3n) is 5.13. The molecule has 26 heavy (non-hydrogen) atoms. The van der Waals surface area contributed by atoms with Crippen molar-refractivity contribution in [3.63, 3.8) is 0 Å². The molecule has 2 heterocycles. The number of amides is 2. The molecule has 3 rings (SSSR count). The second-order valence-corrected chi connectivity index (χ2v) is 7.46. The molecule has 142 valence electrons. The van der Waals surface area contributed by atoms with Gasteiger partial charge in [0.15, 0.2) is 0 Å². The Morgan fingerprint density at radius 2 is 2.08 bits per heavy atom. The molecule has 0 unspecified atom stereocenters. The zero-order chi connectivity index (χ0) is 18.5. The number of benzene rings is 1. The molecule has 0 saturated carbocycles. The zero-order valence-electron chi connectivity index (χ0n) is 14.7. The van der Waals surface area contributed by atoms with Gasteiger partial charge in [0.05, 0.1) is 11.6 Å². The van der Waals surface area contributed by atoms with E-state index in [0.717, 1.165) is 38.8 Å². The Morgan fingerprint density at radius 1 is 1.31 bits per heavy atom. The lowest BCUT2D eigenvalue weighted by Gasteiger charge is -2.32. The molecule has 1 atom stereocenters. The highest BCUT2D eigenvalue weighted by Crippen LogP contribution is 2.27. The molecule has 2 aliphatic rings. The van der Waals surface area contributed by atoms with Gasteiger partial charge in [0.1, 0.15) is 11.6 Å². The van der Waals surface area contributed by atoms with Crippen LogP contribution in [0.2, 0.25) is 5.02 Å². The van der Waals surface area contributed by atoms with Gasteiger partial charge in [-0.15, -0.1) is 0 Å². The van der Waals surface area contributed by atoms with Gasteiger partial charge in [-0.25, -0.2) is 4.39 Å². The third kappa shape index (κ3) is 5.10. The molecule has 0 aromatic heterocycles. The van der Waals surface area contributed by atoms with E-state index in [-0.39, 0.29) is 28.7 Å². The summed E-state index contributed by atoms with van der Waals surface area (Å²) in [5.74, 6) is 0.711. The third-order valence-corrected chi connectivity index (χ3v) is 5.42. The van der Waals surface area contributed by atoms with E-state index in [4.69, 9.17) is 16.3 Å². The number of hydrogen-bond acceptors (Lipinski definition) is 3. The second-order valence-electron chi connectivity index (χ2n) is 7.05. The SMILES string of the molecule is O=C1CC[C@@H](CCC(=O)N2CCC(COc3ccc(F)cc3Cl)CC2)N1. The second kappa shape index (κ2) is 8.71. The summed E-state index contributed by atoms with van der Waals surface area (Å²) < 4.78 is 18.8. The van der Waals surface area contributed by atoms with Crippen molar-refractivity contribution in [1.29, 1.82) is 0 Å². The Balaban J connectivity index is 1.37. The molecule has 2 saturated heterocycles. The predicted molar refractivity (Wildman–Crippen MR) is 96.6 cm³/mol. The summed E-state index contributed by atoms with van der Waals surface area (Å²) in [6.45, 7) is 1.96. The van der Waals surface area contributed by atoms with Crippen LogP contribution in [0.3, 0.4) is 0 Å². The number of hydrogen-bond donors (Lipinski definition) is 1. The summed E-state index contributed by atoms with van der Waals surface area (Å²) in [7, 11) is 0. The van der Waals surface area contributed by atoms with Gasteiger partial charge in [0.2, 0.25) is 11.8 Å². The minimum atomic E-state index is -0.383. The lowest BCUT2D eigenvalue weighted by molar-refractivity contribution is -0.133. The van der Waals surface area contributed by atoms with E-state index in [1.165, 1.54) is 18.2 Å². The summed E-state index contributed by atoms with van der Waals surface area (Å²) in [6, 6.07) is 4.26. The molecule has 0 aliphatic carbocycles. The molecule has 2 aliphatic heterocycles. The standard InChI is InChI=1S/C19H24ClFN2O3/c20-16-11-14(21)1-4-17(16)26-12-13-7-9-23(10-8-13)19(25)6-3-15-2-5-18(24)22-15/h1,4,11,13,15H,2-3,5-10,12H2,(H,22,24)/t15-/m0/s1. The monoisotopic (exact) mass is 382 g/mol. The summed E-state index contributed by atoms with van der Waals surface area (Å²) in [4.78, 5) is 25.4. The van der Waals surface area contributed by atoms with Crippen molar-refractivity contribution in [2.45, 2.75) is 44.6 Å². The van der Waals surface area contributed by atoms with Crippen LogP contribution >= 0.6 is 11.6 Å². The van der Waals surface area contributed by atoms with Crippen LogP contribution in [0.5, 0.6) is 5.75 Å². The Bertz CT molecular complexity index is 662. The molecule has 2 amide bonds. The van der Waals surface area contributed by atoms with Crippen molar-refractivity contribution in [3.8, 4) is 5.75 Å². The minimum Gasteiger partial charge on any atom is -0.492 e. The quantitative estimate of drug-likeness (QED) is 0.822. The number of rotatable bonds is 6. The Labute approximate surface area is 157 Å². The summed E-state index contributed by atoms with van der Waals surface area (Å²) in [6.07, 6.45) is 4.36. The number of likely N-dealkylation sites (tertiary alicyclic amines) is 1. The average Bonchev–Trinajstić information content (AvgIpc) is 3.05. The van der Waals surface area contributed by atoms with Crippen molar-refractivity contribution in [3.05, 3.63) is 29.0 Å². The maximum absolute atomic E-state index is 13.0. The first-order chi connectivity index (χ1) is 12.5. The average molecular weight is 383 g/mol. The Kier molecular flexibility index (Phi) is 6.35. The molecule has 7 heteroatoms. The fourth-order valence-corrected chi connectivity index (χ4v) is 3.72. The molecule has 0 spiro atoms. The zero-order valence-corrected chi connectivity index (χ0v) is 15.4. The maximum Gasteiger partial charge on any atom is 0.222 e.